The van der Waals surface area contributed by atoms with Crippen LogP contribution < -0.4 is 0 Å². The van der Waals surface area contributed by atoms with E-state index in [2.05, 4.69) is 0 Å². The van der Waals surface area contributed by atoms with E-state index in [9.17, 15) is 9.59 Å². The highest BCUT2D eigenvalue weighted by molar-refractivity contribution is 6.04. The van der Waals surface area contributed by atoms with Gasteiger partial charge in [-0.15, -0.1) is 0 Å². The van der Waals surface area contributed by atoms with Gasteiger partial charge < -0.3 is 4.74 Å². The number of Topliss-reactive ketones (excluding diaryl/α,β-unsaturated/α-hetero) is 1. The number of hydrogen-bond donors (Lipinski definition) is 0. The van der Waals surface area contributed by atoms with Crippen molar-refractivity contribution in [3.63, 3.8) is 0 Å². The number of allylic oxidation sites excluding steroid dienone is 1. The Labute approximate surface area is 154 Å². The van der Waals surface area contributed by atoms with E-state index in [0.717, 1.165) is 24.0 Å². The Hall–Kier alpha value is -2.68. The average molecular weight is 348 g/mol. The highest BCUT2D eigenvalue weighted by Gasteiger charge is 2.46. The van der Waals surface area contributed by atoms with E-state index < -0.39 is 5.41 Å². The van der Waals surface area contributed by atoms with Gasteiger partial charge in [0.05, 0.1) is 0 Å². The van der Waals surface area contributed by atoms with Crippen LogP contribution in [0, 0.1) is 5.41 Å². The number of benzene rings is 2. The van der Waals surface area contributed by atoms with E-state index in [1.807, 2.05) is 72.8 Å². The molecule has 1 aliphatic rings. The third-order valence-corrected chi connectivity index (χ3v) is 4.97. The first-order chi connectivity index (χ1) is 12.7. The molecule has 0 amide bonds. The van der Waals surface area contributed by atoms with E-state index in [-0.39, 0.29) is 18.4 Å². The van der Waals surface area contributed by atoms with Crippen molar-refractivity contribution < 1.29 is 14.3 Å². The Kier molecular flexibility index (Phi) is 6.00. The largest absolute Gasteiger partial charge is 0.460 e. The van der Waals surface area contributed by atoms with Crippen LogP contribution in [-0.2, 0) is 20.9 Å². The molecule has 1 saturated carbocycles. The molecule has 26 heavy (non-hydrogen) atoms. The highest BCUT2D eigenvalue weighted by Crippen LogP contribution is 2.38. The molecular formula is C23H24O3. The van der Waals surface area contributed by atoms with Gasteiger partial charge in [-0.05, 0) is 30.4 Å². The van der Waals surface area contributed by atoms with Crippen molar-refractivity contribution in [2.24, 2.45) is 5.41 Å². The molecule has 0 aliphatic heterocycles. The third kappa shape index (κ3) is 4.29. The second-order valence-electron chi connectivity index (χ2n) is 6.79. The number of carbonyl (C=O) groups is 2. The van der Waals surface area contributed by atoms with Crippen molar-refractivity contribution in [2.75, 3.05) is 0 Å². The third-order valence-electron chi connectivity index (χ3n) is 4.97. The highest BCUT2D eigenvalue weighted by atomic mass is 16.5. The molecule has 3 nitrogen and oxygen atoms in total. The lowest BCUT2D eigenvalue weighted by Crippen LogP contribution is -2.42. The molecule has 0 heterocycles. The minimum atomic E-state index is -1.03. The fourth-order valence-corrected chi connectivity index (χ4v) is 3.43. The van der Waals surface area contributed by atoms with Crippen LogP contribution in [0.1, 0.15) is 43.2 Å². The van der Waals surface area contributed by atoms with Crippen molar-refractivity contribution in [3.05, 3.63) is 77.9 Å². The van der Waals surface area contributed by atoms with Crippen molar-refractivity contribution in [1.82, 2.24) is 0 Å². The fraction of sp³-hybridized carbons (Fsp3) is 0.304. The molecule has 0 N–H and O–H groups in total. The SMILES string of the molecule is O=C1CCCC[C@@]1(C/C=C/c1ccccc1)C(=O)OCc1ccccc1. The van der Waals surface area contributed by atoms with E-state index in [4.69, 9.17) is 4.74 Å². The first kappa shape index (κ1) is 18.1. The second-order valence-corrected chi connectivity index (χ2v) is 6.79. The summed E-state index contributed by atoms with van der Waals surface area (Å²) in [6.45, 7) is 0.205. The quantitative estimate of drug-likeness (QED) is 0.547. The van der Waals surface area contributed by atoms with Crippen molar-refractivity contribution in [1.29, 1.82) is 0 Å². The number of carbonyl (C=O) groups excluding carboxylic acids is 2. The molecule has 1 aliphatic carbocycles. The van der Waals surface area contributed by atoms with Gasteiger partial charge >= 0.3 is 5.97 Å². The first-order valence-corrected chi connectivity index (χ1v) is 9.17. The molecule has 3 heteroatoms. The summed E-state index contributed by atoms with van der Waals surface area (Å²) < 4.78 is 5.55. The van der Waals surface area contributed by atoms with Gasteiger partial charge in [-0.2, -0.15) is 0 Å². The molecule has 0 bridgehead atoms. The topological polar surface area (TPSA) is 43.4 Å². The average Bonchev–Trinajstić information content (AvgIpc) is 2.69. The minimum absolute atomic E-state index is 0.0134. The summed E-state index contributed by atoms with van der Waals surface area (Å²) in [7, 11) is 0. The molecule has 0 aromatic heterocycles. The molecular weight excluding hydrogens is 324 g/mol. The molecule has 0 saturated heterocycles. The van der Waals surface area contributed by atoms with E-state index in [0.29, 0.717) is 19.3 Å². The Morgan fingerprint density at radius 3 is 2.38 bits per heavy atom. The van der Waals surface area contributed by atoms with Gasteiger partial charge in [0, 0.05) is 6.42 Å². The van der Waals surface area contributed by atoms with Gasteiger partial charge in [0.1, 0.15) is 12.0 Å². The molecule has 134 valence electrons. The summed E-state index contributed by atoms with van der Waals surface area (Å²) in [5, 5.41) is 0. The predicted octanol–water partition coefficient (Wildman–Crippen LogP) is 4.96. The van der Waals surface area contributed by atoms with Gasteiger partial charge in [-0.3, -0.25) is 9.59 Å². The van der Waals surface area contributed by atoms with Crippen LogP contribution in [0.5, 0.6) is 0 Å². The second kappa shape index (κ2) is 8.61. The number of hydrogen-bond acceptors (Lipinski definition) is 3. The van der Waals surface area contributed by atoms with Crippen LogP contribution in [0.4, 0.5) is 0 Å². The first-order valence-electron chi connectivity index (χ1n) is 9.17. The predicted molar refractivity (Wildman–Crippen MR) is 102 cm³/mol. The molecule has 1 atom stereocenters. The Bertz CT molecular complexity index is 765. The summed E-state index contributed by atoms with van der Waals surface area (Å²) in [6, 6.07) is 19.5. The molecule has 0 radical (unpaired) electrons. The van der Waals surface area contributed by atoms with E-state index >= 15 is 0 Å². The fourth-order valence-electron chi connectivity index (χ4n) is 3.43. The molecule has 0 spiro atoms. The maximum atomic E-state index is 12.9. The van der Waals surface area contributed by atoms with Crippen molar-refractivity contribution >= 4 is 17.8 Å². The van der Waals surface area contributed by atoms with Crippen molar-refractivity contribution in [3.8, 4) is 0 Å². The summed E-state index contributed by atoms with van der Waals surface area (Å²) in [6.07, 6.45) is 7.06. The Morgan fingerprint density at radius 1 is 1.00 bits per heavy atom. The Balaban J connectivity index is 1.72. The van der Waals surface area contributed by atoms with Gasteiger partial charge in [-0.25, -0.2) is 0 Å². The monoisotopic (exact) mass is 348 g/mol. The van der Waals surface area contributed by atoms with Crippen LogP contribution in [-0.4, -0.2) is 11.8 Å². The number of esters is 1. The molecule has 0 unspecified atom stereocenters. The van der Waals surface area contributed by atoms with Crippen LogP contribution in [0.2, 0.25) is 0 Å². The van der Waals surface area contributed by atoms with Crippen LogP contribution in [0.25, 0.3) is 6.08 Å². The molecule has 2 aromatic carbocycles. The molecule has 3 rings (SSSR count). The van der Waals surface area contributed by atoms with Crippen LogP contribution in [0.3, 0.4) is 0 Å². The summed E-state index contributed by atoms with van der Waals surface area (Å²) in [5.74, 6) is -0.372. The lowest BCUT2D eigenvalue weighted by Gasteiger charge is -2.32. The van der Waals surface area contributed by atoms with Gasteiger partial charge in [0.25, 0.3) is 0 Å². The normalized spacial score (nSPS) is 20.2. The zero-order valence-electron chi connectivity index (χ0n) is 14.9. The molecule has 2 aromatic rings. The lowest BCUT2D eigenvalue weighted by molar-refractivity contribution is -0.163. The number of ether oxygens (including phenoxy) is 1. The molecule has 1 fully saturated rings. The van der Waals surface area contributed by atoms with Crippen LogP contribution >= 0.6 is 0 Å². The summed E-state index contributed by atoms with van der Waals surface area (Å²) in [5.41, 5.74) is 0.959. The number of ketones is 1. The van der Waals surface area contributed by atoms with Crippen molar-refractivity contribution in [2.45, 2.75) is 38.7 Å². The van der Waals surface area contributed by atoms with Gasteiger partial charge in [0.2, 0.25) is 0 Å². The van der Waals surface area contributed by atoms with E-state index in [1.54, 1.807) is 0 Å². The summed E-state index contributed by atoms with van der Waals surface area (Å²) >= 11 is 0. The lowest BCUT2D eigenvalue weighted by atomic mass is 9.70. The minimum Gasteiger partial charge on any atom is -0.460 e. The van der Waals surface area contributed by atoms with Gasteiger partial charge in [0.15, 0.2) is 5.78 Å². The van der Waals surface area contributed by atoms with E-state index in [1.165, 1.54) is 0 Å². The van der Waals surface area contributed by atoms with Crippen LogP contribution in [0.15, 0.2) is 66.7 Å². The maximum absolute atomic E-state index is 12.9. The summed E-state index contributed by atoms with van der Waals surface area (Å²) in [4.78, 5) is 25.5. The standard InChI is InChI=1S/C23H24O3/c24-21-15-7-8-16-23(21,17-9-14-19-10-3-1-4-11-19)22(25)26-18-20-12-5-2-6-13-20/h1-6,9-14H,7-8,15-18H2/b14-9+/t23-/m0/s1. The smallest absolute Gasteiger partial charge is 0.320 e. The zero-order chi connectivity index (χ0) is 18.2. The zero-order valence-corrected chi connectivity index (χ0v) is 14.9. The Morgan fingerprint density at radius 2 is 1.69 bits per heavy atom. The maximum Gasteiger partial charge on any atom is 0.320 e. The van der Waals surface area contributed by atoms with Gasteiger partial charge in [-0.1, -0.05) is 79.2 Å². The number of rotatable bonds is 6.